The molecule has 5 rings (SSSR count). The van der Waals surface area contributed by atoms with Crippen LogP contribution >= 0.6 is 0 Å². The zero-order valence-electron chi connectivity index (χ0n) is 22.1. The quantitative estimate of drug-likeness (QED) is 0.324. The van der Waals surface area contributed by atoms with Crippen LogP contribution in [0, 0.1) is 11.8 Å². The highest BCUT2D eigenvalue weighted by Gasteiger charge is 2.40. The van der Waals surface area contributed by atoms with Crippen molar-refractivity contribution in [3.8, 4) is 5.88 Å². The number of carbonyl (C=O) groups is 2. The molecule has 222 valence electrons. The van der Waals surface area contributed by atoms with Crippen LogP contribution in [0.15, 0.2) is 29.2 Å². The fraction of sp³-hybridized carbons (Fsp3) is 0.577. The van der Waals surface area contributed by atoms with Gasteiger partial charge in [0.05, 0.1) is 43.7 Å². The molecule has 0 bridgehead atoms. The molecule has 2 saturated carbocycles. The van der Waals surface area contributed by atoms with Crippen LogP contribution in [0.3, 0.4) is 0 Å². The van der Waals surface area contributed by atoms with Gasteiger partial charge in [-0.05, 0) is 54.3 Å². The van der Waals surface area contributed by atoms with E-state index in [1.54, 1.807) is 12.3 Å². The first kappa shape index (κ1) is 28.7. The van der Waals surface area contributed by atoms with Crippen molar-refractivity contribution >= 4 is 17.5 Å². The van der Waals surface area contributed by atoms with Gasteiger partial charge in [0, 0.05) is 19.3 Å². The van der Waals surface area contributed by atoms with Gasteiger partial charge in [-0.2, -0.15) is 18.3 Å². The lowest BCUT2D eigenvalue weighted by Crippen LogP contribution is -2.37. The Hall–Kier alpha value is -3.78. The van der Waals surface area contributed by atoms with Crippen molar-refractivity contribution in [2.24, 2.45) is 11.8 Å². The first-order valence-corrected chi connectivity index (χ1v) is 13.3. The zero-order valence-corrected chi connectivity index (χ0v) is 22.1. The standard InChI is InChI=1S/C26H29F5N6O4/c1-40-24-17(13-41-36-24)23(39)35-22(15-4-7-25(27,28)8-5-15)18-12-37-19(33-18)10-16(11-32-37)21(14-2-3-14)34-20(38)6-9-26(29,30)31/h10-15,21-22H,2-9H2,1H3,(H,34,38)(H,35,39)/t21?,22-/m0/s1. The second-order valence-electron chi connectivity index (χ2n) is 10.6. The van der Waals surface area contributed by atoms with E-state index in [-0.39, 0.29) is 49.0 Å². The van der Waals surface area contributed by atoms with Gasteiger partial charge in [0.25, 0.3) is 11.8 Å². The average molecular weight is 585 g/mol. The maximum atomic E-state index is 13.9. The summed E-state index contributed by atoms with van der Waals surface area (Å²) in [5.41, 5.74) is 1.39. The van der Waals surface area contributed by atoms with Crippen molar-refractivity contribution in [3.63, 3.8) is 0 Å². The molecule has 2 aliphatic carbocycles. The summed E-state index contributed by atoms with van der Waals surface area (Å²) >= 11 is 0. The molecule has 3 heterocycles. The molecular weight excluding hydrogens is 555 g/mol. The zero-order chi connectivity index (χ0) is 29.4. The summed E-state index contributed by atoms with van der Waals surface area (Å²) in [6.45, 7) is 0. The summed E-state index contributed by atoms with van der Waals surface area (Å²) < 4.78 is 77.0. The minimum absolute atomic E-state index is 0.0267. The summed E-state index contributed by atoms with van der Waals surface area (Å²) in [6.07, 6.45) is -0.815. The molecule has 0 saturated heterocycles. The number of amides is 2. The normalized spacial score (nSPS) is 19.1. The second-order valence-corrected chi connectivity index (χ2v) is 10.6. The molecular formula is C26H29F5N6O4. The number of rotatable bonds is 10. The van der Waals surface area contributed by atoms with E-state index < -0.39 is 48.8 Å². The van der Waals surface area contributed by atoms with Crippen LogP contribution in [0.2, 0.25) is 0 Å². The van der Waals surface area contributed by atoms with Gasteiger partial charge < -0.3 is 19.9 Å². The number of carbonyl (C=O) groups excluding carboxylic acids is 2. The predicted molar refractivity (Wildman–Crippen MR) is 132 cm³/mol. The number of alkyl halides is 5. The van der Waals surface area contributed by atoms with E-state index >= 15 is 0 Å². The van der Waals surface area contributed by atoms with Gasteiger partial charge >= 0.3 is 6.18 Å². The maximum absolute atomic E-state index is 13.9. The van der Waals surface area contributed by atoms with Gasteiger partial charge in [0.2, 0.25) is 11.8 Å². The van der Waals surface area contributed by atoms with Gasteiger partial charge in [0.15, 0.2) is 5.65 Å². The molecule has 3 aromatic rings. The Bertz CT molecular complexity index is 1390. The van der Waals surface area contributed by atoms with Gasteiger partial charge in [-0.3, -0.25) is 9.59 Å². The Labute approximate surface area is 231 Å². The fourth-order valence-corrected chi connectivity index (χ4v) is 5.21. The second kappa shape index (κ2) is 11.2. The monoisotopic (exact) mass is 584 g/mol. The molecule has 0 radical (unpaired) electrons. The van der Waals surface area contributed by atoms with Crippen molar-refractivity contribution in [3.05, 3.63) is 41.5 Å². The number of methoxy groups -OCH3 is 1. The Kier molecular flexibility index (Phi) is 7.88. The number of fused-ring (bicyclic) bond motifs is 1. The van der Waals surface area contributed by atoms with E-state index in [9.17, 15) is 31.5 Å². The molecule has 2 amide bonds. The fourth-order valence-electron chi connectivity index (χ4n) is 5.21. The van der Waals surface area contributed by atoms with E-state index in [2.05, 4.69) is 25.9 Å². The van der Waals surface area contributed by atoms with E-state index in [1.165, 1.54) is 17.8 Å². The third-order valence-corrected chi connectivity index (χ3v) is 7.58. The molecule has 10 nitrogen and oxygen atoms in total. The molecule has 41 heavy (non-hydrogen) atoms. The molecule has 0 aliphatic heterocycles. The Morgan fingerprint density at radius 3 is 2.51 bits per heavy atom. The SMILES string of the molecule is COc1nocc1C(=O)N[C@H](c1cn2ncc(C(NC(=O)CCC(F)(F)F)C3CC3)cc2n1)C1CCC(F)(F)CC1. The largest absolute Gasteiger partial charge is 0.478 e. The summed E-state index contributed by atoms with van der Waals surface area (Å²) in [7, 11) is 1.33. The summed E-state index contributed by atoms with van der Waals surface area (Å²) in [5.74, 6) is -4.36. The number of nitrogens with zero attached hydrogens (tertiary/aromatic N) is 4. The number of hydrogen-bond acceptors (Lipinski definition) is 7. The van der Waals surface area contributed by atoms with Crippen molar-refractivity contribution in [2.45, 2.75) is 75.5 Å². The van der Waals surface area contributed by atoms with E-state index in [1.807, 2.05) is 0 Å². The minimum Gasteiger partial charge on any atom is -0.478 e. The van der Waals surface area contributed by atoms with Gasteiger partial charge in [-0.15, -0.1) is 0 Å². The molecule has 2 atom stereocenters. The van der Waals surface area contributed by atoms with Crippen LogP contribution in [-0.2, 0) is 4.79 Å². The van der Waals surface area contributed by atoms with E-state index in [0.717, 1.165) is 19.1 Å². The Balaban J connectivity index is 1.40. The third-order valence-electron chi connectivity index (χ3n) is 7.58. The number of hydrogen-bond donors (Lipinski definition) is 2. The molecule has 0 spiro atoms. The van der Waals surface area contributed by atoms with Crippen LogP contribution in [0.5, 0.6) is 5.88 Å². The molecule has 15 heteroatoms. The lowest BCUT2D eigenvalue weighted by molar-refractivity contribution is -0.144. The molecule has 0 aromatic carbocycles. The number of imidazole rings is 1. The van der Waals surface area contributed by atoms with Crippen molar-refractivity contribution in [1.29, 1.82) is 0 Å². The van der Waals surface area contributed by atoms with E-state index in [0.29, 0.717) is 16.9 Å². The molecule has 2 aliphatic rings. The predicted octanol–water partition coefficient (Wildman–Crippen LogP) is 4.93. The van der Waals surface area contributed by atoms with Gasteiger partial charge in [-0.1, -0.05) is 0 Å². The number of halogens is 5. The van der Waals surface area contributed by atoms with Gasteiger partial charge in [-0.25, -0.2) is 18.3 Å². The highest BCUT2D eigenvalue weighted by molar-refractivity contribution is 5.96. The van der Waals surface area contributed by atoms with Crippen molar-refractivity contribution in [1.82, 2.24) is 30.4 Å². The number of ether oxygens (including phenoxy) is 1. The minimum atomic E-state index is -4.43. The van der Waals surface area contributed by atoms with Crippen LogP contribution < -0.4 is 15.4 Å². The first-order valence-electron chi connectivity index (χ1n) is 13.3. The number of nitrogens with one attached hydrogen (secondary N) is 2. The molecule has 2 N–H and O–H groups in total. The molecule has 3 aromatic heterocycles. The summed E-state index contributed by atoms with van der Waals surface area (Å²) in [4.78, 5) is 30.0. The Morgan fingerprint density at radius 2 is 1.85 bits per heavy atom. The van der Waals surface area contributed by atoms with Crippen LogP contribution in [0.25, 0.3) is 5.65 Å². The van der Waals surface area contributed by atoms with Crippen molar-refractivity contribution in [2.75, 3.05) is 7.11 Å². The third kappa shape index (κ3) is 6.93. The molecule has 1 unspecified atom stereocenters. The highest BCUT2D eigenvalue weighted by atomic mass is 19.4. The topological polar surface area (TPSA) is 124 Å². The lowest BCUT2D eigenvalue weighted by Gasteiger charge is -2.33. The van der Waals surface area contributed by atoms with Crippen LogP contribution in [-0.4, -0.2) is 50.8 Å². The van der Waals surface area contributed by atoms with Gasteiger partial charge in [0.1, 0.15) is 11.8 Å². The van der Waals surface area contributed by atoms with Crippen molar-refractivity contribution < 1.29 is 40.8 Å². The smallest absolute Gasteiger partial charge is 0.389 e. The number of aromatic nitrogens is 4. The lowest BCUT2D eigenvalue weighted by atomic mass is 9.81. The molecule has 2 fully saturated rings. The van der Waals surface area contributed by atoms with Crippen LogP contribution in [0.4, 0.5) is 22.0 Å². The summed E-state index contributed by atoms with van der Waals surface area (Å²) in [5, 5.41) is 13.6. The maximum Gasteiger partial charge on any atom is 0.389 e. The summed E-state index contributed by atoms with van der Waals surface area (Å²) in [6, 6.07) is 0.413. The Morgan fingerprint density at radius 1 is 1.15 bits per heavy atom. The first-order chi connectivity index (χ1) is 19.4. The average Bonchev–Trinajstić information content (AvgIpc) is 3.48. The van der Waals surface area contributed by atoms with E-state index in [4.69, 9.17) is 9.26 Å². The highest BCUT2D eigenvalue weighted by Crippen LogP contribution is 2.43. The van der Waals surface area contributed by atoms with Crippen LogP contribution in [0.1, 0.15) is 85.1 Å².